The van der Waals surface area contributed by atoms with Gasteiger partial charge in [0.25, 0.3) is 5.91 Å². The first-order valence-electron chi connectivity index (χ1n) is 10.5. The Labute approximate surface area is 190 Å². The van der Waals surface area contributed by atoms with Crippen molar-refractivity contribution in [2.45, 2.75) is 38.9 Å². The Morgan fingerprint density at radius 3 is 2.78 bits per heavy atom. The number of carbonyl (C=O) groups is 1. The molecule has 0 aliphatic heterocycles. The molecule has 168 valence electrons. The Hall–Kier alpha value is -2.81. The number of anilines is 3. The van der Waals surface area contributed by atoms with Gasteiger partial charge in [-0.05, 0) is 62.3 Å². The standard InChI is InChI=1S/C24H26FN3O3S/c1-24(2,30)18-8-9-19(27-23(29)16-10-11-32-14-16)21(25)22(18)28-20-5-3-4-17(26-20)13-31-12-15-6-7-15/h3-5,8-11,14-15,30H,6-7,12-13H2,1-2H3,(H,26,28)(H,27,29). The van der Waals surface area contributed by atoms with Gasteiger partial charge in [-0.2, -0.15) is 11.3 Å². The lowest BCUT2D eigenvalue weighted by atomic mass is 9.95. The van der Waals surface area contributed by atoms with Crippen LogP contribution < -0.4 is 10.6 Å². The van der Waals surface area contributed by atoms with Gasteiger partial charge in [0.1, 0.15) is 5.82 Å². The predicted octanol–water partition coefficient (Wildman–Crippen LogP) is 5.43. The van der Waals surface area contributed by atoms with Crippen molar-refractivity contribution in [2.24, 2.45) is 5.92 Å². The molecule has 2 heterocycles. The van der Waals surface area contributed by atoms with Crippen molar-refractivity contribution in [1.29, 1.82) is 0 Å². The van der Waals surface area contributed by atoms with E-state index in [4.69, 9.17) is 4.74 Å². The van der Waals surface area contributed by atoms with Crippen molar-refractivity contribution in [1.82, 2.24) is 4.98 Å². The lowest BCUT2D eigenvalue weighted by Crippen LogP contribution is -2.20. The maximum atomic E-state index is 15.5. The zero-order valence-electron chi connectivity index (χ0n) is 18.0. The number of nitrogens with zero attached hydrogens (tertiary/aromatic N) is 1. The first-order valence-corrected chi connectivity index (χ1v) is 11.4. The number of rotatable bonds is 9. The molecule has 32 heavy (non-hydrogen) atoms. The molecule has 2 aromatic heterocycles. The number of aliphatic hydroxyl groups is 1. The monoisotopic (exact) mass is 455 g/mol. The minimum absolute atomic E-state index is 0.0145. The molecule has 1 fully saturated rings. The molecule has 0 spiro atoms. The number of halogens is 1. The van der Waals surface area contributed by atoms with Gasteiger partial charge in [-0.15, -0.1) is 0 Å². The van der Waals surface area contributed by atoms with E-state index < -0.39 is 17.3 Å². The number of benzene rings is 1. The number of pyridine rings is 1. The maximum absolute atomic E-state index is 15.5. The second-order valence-electron chi connectivity index (χ2n) is 8.47. The van der Waals surface area contributed by atoms with Crippen molar-refractivity contribution >= 4 is 34.4 Å². The van der Waals surface area contributed by atoms with Crippen LogP contribution in [0.4, 0.5) is 21.6 Å². The van der Waals surface area contributed by atoms with Crippen LogP contribution in [0.1, 0.15) is 48.3 Å². The highest BCUT2D eigenvalue weighted by molar-refractivity contribution is 7.08. The molecule has 1 aromatic carbocycles. The Morgan fingerprint density at radius 1 is 1.28 bits per heavy atom. The average Bonchev–Trinajstić information content (AvgIpc) is 3.39. The number of hydrogen-bond donors (Lipinski definition) is 3. The van der Waals surface area contributed by atoms with E-state index >= 15 is 4.39 Å². The van der Waals surface area contributed by atoms with Gasteiger partial charge in [0.15, 0.2) is 5.82 Å². The Balaban J connectivity index is 1.58. The van der Waals surface area contributed by atoms with Crippen LogP contribution in [0.5, 0.6) is 0 Å². The van der Waals surface area contributed by atoms with Gasteiger partial charge in [0, 0.05) is 17.6 Å². The quantitative estimate of drug-likeness (QED) is 0.401. The van der Waals surface area contributed by atoms with Crippen molar-refractivity contribution in [3.8, 4) is 0 Å². The zero-order chi connectivity index (χ0) is 22.7. The molecule has 1 aliphatic carbocycles. The largest absolute Gasteiger partial charge is 0.386 e. The molecule has 1 saturated carbocycles. The summed E-state index contributed by atoms with van der Waals surface area (Å²) in [6.45, 7) is 4.25. The molecule has 6 nitrogen and oxygen atoms in total. The number of hydrogen-bond acceptors (Lipinski definition) is 6. The van der Waals surface area contributed by atoms with Gasteiger partial charge in [-0.1, -0.05) is 12.1 Å². The molecule has 0 saturated heterocycles. The van der Waals surface area contributed by atoms with Crippen LogP contribution in [0.2, 0.25) is 0 Å². The minimum Gasteiger partial charge on any atom is -0.386 e. The van der Waals surface area contributed by atoms with E-state index in [1.54, 1.807) is 42.8 Å². The molecule has 0 unspecified atom stereocenters. The number of aromatic nitrogens is 1. The number of carbonyl (C=O) groups excluding carboxylic acids is 1. The third-order valence-electron chi connectivity index (χ3n) is 5.19. The lowest BCUT2D eigenvalue weighted by molar-refractivity contribution is 0.0791. The van der Waals surface area contributed by atoms with Crippen LogP contribution in [0.25, 0.3) is 0 Å². The average molecular weight is 456 g/mol. The molecule has 8 heteroatoms. The lowest BCUT2D eigenvalue weighted by Gasteiger charge is -2.24. The summed E-state index contributed by atoms with van der Waals surface area (Å²) in [5, 5.41) is 19.7. The fraction of sp³-hybridized carbons (Fsp3) is 0.333. The molecule has 4 rings (SSSR count). The van der Waals surface area contributed by atoms with Crippen LogP contribution in [0.15, 0.2) is 47.2 Å². The van der Waals surface area contributed by atoms with E-state index in [-0.39, 0.29) is 11.4 Å². The predicted molar refractivity (Wildman–Crippen MR) is 124 cm³/mol. The first kappa shape index (κ1) is 22.4. The summed E-state index contributed by atoms with van der Waals surface area (Å²) in [7, 11) is 0. The highest BCUT2D eigenvalue weighted by Gasteiger charge is 2.26. The van der Waals surface area contributed by atoms with E-state index in [1.165, 1.54) is 30.2 Å². The van der Waals surface area contributed by atoms with Crippen LogP contribution in [-0.4, -0.2) is 22.6 Å². The number of ether oxygens (including phenoxy) is 1. The summed E-state index contributed by atoms with van der Waals surface area (Å²) in [6, 6.07) is 10.1. The summed E-state index contributed by atoms with van der Waals surface area (Å²) < 4.78 is 21.2. The zero-order valence-corrected chi connectivity index (χ0v) is 18.8. The van der Waals surface area contributed by atoms with Crippen molar-refractivity contribution < 1.29 is 19.0 Å². The molecule has 3 N–H and O–H groups in total. The van der Waals surface area contributed by atoms with E-state index in [0.717, 1.165) is 12.3 Å². The van der Waals surface area contributed by atoms with Gasteiger partial charge >= 0.3 is 0 Å². The fourth-order valence-electron chi connectivity index (χ4n) is 3.27. The van der Waals surface area contributed by atoms with Gasteiger partial charge in [0.05, 0.1) is 34.8 Å². The molecular formula is C24H26FN3O3S. The van der Waals surface area contributed by atoms with Gasteiger partial charge in [0.2, 0.25) is 0 Å². The minimum atomic E-state index is -1.32. The highest BCUT2D eigenvalue weighted by atomic mass is 32.1. The summed E-state index contributed by atoms with van der Waals surface area (Å²) in [4.78, 5) is 16.9. The topological polar surface area (TPSA) is 83.5 Å². The molecule has 0 radical (unpaired) electrons. The van der Waals surface area contributed by atoms with E-state index in [9.17, 15) is 9.90 Å². The Bertz CT molecular complexity index is 1090. The second-order valence-corrected chi connectivity index (χ2v) is 9.25. The highest BCUT2D eigenvalue weighted by Crippen LogP contribution is 2.36. The van der Waals surface area contributed by atoms with Gasteiger partial charge in [-0.3, -0.25) is 4.79 Å². The van der Waals surface area contributed by atoms with Crippen molar-refractivity contribution in [3.05, 3.63) is 69.8 Å². The number of thiophene rings is 1. The van der Waals surface area contributed by atoms with E-state index in [2.05, 4.69) is 15.6 Å². The third-order valence-corrected chi connectivity index (χ3v) is 5.88. The smallest absolute Gasteiger partial charge is 0.256 e. The van der Waals surface area contributed by atoms with Crippen LogP contribution in [0.3, 0.4) is 0 Å². The summed E-state index contributed by atoms with van der Waals surface area (Å²) in [5.41, 5.74) is 0.286. The summed E-state index contributed by atoms with van der Waals surface area (Å²) in [5.74, 6) is 0.000412. The molecular weight excluding hydrogens is 429 g/mol. The molecule has 0 atom stereocenters. The normalized spacial score (nSPS) is 13.8. The van der Waals surface area contributed by atoms with Gasteiger partial charge in [-0.25, -0.2) is 9.37 Å². The SMILES string of the molecule is CC(C)(O)c1ccc(NC(=O)c2ccsc2)c(F)c1Nc1cccc(COCC2CC2)n1. The van der Waals surface area contributed by atoms with Gasteiger partial charge < -0.3 is 20.5 Å². The van der Waals surface area contributed by atoms with E-state index in [0.29, 0.717) is 29.5 Å². The summed E-state index contributed by atoms with van der Waals surface area (Å²) in [6.07, 6.45) is 2.43. The third kappa shape index (κ3) is 5.51. The molecule has 0 bridgehead atoms. The van der Waals surface area contributed by atoms with Crippen LogP contribution >= 0.6 is 11.3 Å². The summed E-state index contributed by atoms with van der Waals surface area (Å²) >= 11 is 1.39. The van der Waals surface area contributed by atoms with E-state index in [1.807, 2.05) is 12.1 Å². The molecule has 1 aliphatic rings. The van der Waals surface area contributed by atoms with Crippen LogP contribution in [0, 0.1) is 11.7 Å². The number of nitrogens with one attached hydrogen (secondary N) is 2. The Kier molecular flexibility index (Phi) is 6.55. The fourth-order valence-corrected chi connectivity index (χ4v) is 3.90. The first-order chi connectivity index (χ1) is 15.3. The molecule has 3 aromatic rings. The second kappa shape index (κ2) is 9.36. The Morgan fingerprint density at radius 2 is 2.09 bits per heavy atom. The van der Waals surface area contributed by atoms with Crippen molar-refractivity contribution in [3.63, 3.8) is 0 Å². The van der Waals surface area contributed by atoms with Crippen molar-refractivity contribution in [2.75, 3.05) is 17.2 Å². The van der Waals surface area contributed by atoms with Crippen LogP contribution in [-0.2, 0) is 16.9 Å². The maximum Gasteiger partial charge on any atom is 0.256 e. The molecule has 1 amide bonds. The number of amides is 1.